The van der Waals surface area contributed by atoms with Crippen molar-refractivity contribution < 1.29 is 24.5 Å². The predicted octanol–water partition coefficient (Wildman–Crippen LogP) is 7.40. The topological polar surface area (TPSA) is 83.8 Å². The number of hydrogen-bond acceptors (Lipinski definition) is 4. The summed E-state index contributed by atoms with van der Waals surface area (Å²) in [5, 5.41) is 20.7. The Labute approximate surface area is 229 Å². The lowest BCUT2D eigenvalue weighted by Crippen LogP contribution is -2.56. The van der Waals surface area contributed by atoms with E-state index in [0.29, 0.717) is 17.8 Å². The van der Waals surface area contributed by atoms with E-state index < -0.39 is 18.0 Å². The first-order chi connectivity index (χ1) is 17.7. The van der Waals surface area contributed by atoms with Gasteiger partial charge < -0.3 is 14.9 Å². The van der Waals surface area contributed by atoms with Gasteiger partial charge in [-0.3, -0.25) is 9.59 Å². The summed E-state index contributed by atoms with van der Waals surface area (Å²) in [6.45, 7) is 17.8. The molecule has 4 aliphatic rings. The minimum absolute atomic E-state index is 0.0347. The zero-order valence-electron chi connectivity index (χ0n) is 24.6. The number of carbonyl (C=O) groups excluding carboxylic acids is 1. The number of esters is 1. The van der Waals surface area contributed by atoms with Crippen LogP contribution in [0, 0.1) is 34.0 Å². The molecule has 1 saturated carbocycles. The van der Waals surface area contributed by atoms with Gasteiger partial charge in [-0.05, 0) is 103 Å². The Hall–Kier alpha value is -1.88. The predicted molar refractivity (Wildman–Crippen MR) is 150 cm³/mol. The van der Waals surface area contributed by atoms with Gasteiger partial charge in [0.15, 0.2) is 0 Å². The van der Waals surface area contributed by atoms with Crippen LogP contribution in [0.15, 0.2) is 34.9 Å². The molecule has 0 aromatic rings. The van der Waals surface area contributed by atoms with Gasteiger partial charge in [0.2, 0.25) is 0 Å². The quantitative estimate of drug-likeness (QED) is 0.242. The van der Waals surface area contributed by atoms with Crippen molar-refractivity contribution in [3.63, 3.8) is 0 Å². The summed E-state index contributed by atoms with van der Waals surface area (Å²) in [4.78, 5) is 23.3. The van der Waals surface area contributed by atoms with Crippen molar-refractivity contribution in [3.8, 4) is 0 Å². The molecule has 0 heterocycles. The molecule has 1 fully saturated rings. The number of aliphatic hydroxyl groups excluding tert-OH is 1. The second kappa shape index (κ2) is 10.6. The summed E-state index contributed by atoms with van der Waals surface area (Å²) in [5.41, 5.74) is 5.18. The van der Waals surface area contributed by atoms with Crippen LogP contribution in [0.5, 0.6) is 0 Å². The van der Waals surface area contributed by atoms with Crippen molar-refractivity contribution in [1.82, 2.24) is 0 Å². The van der Waals surface area contributed by atoms with Gasteiger partial charge in [-0.1, -0.05) is 59.8 Å². The zero-order chi connectivity index (χ0) is 28.0. The number of rotatable bonds is 9. The lowest BCUT2D eigenvalue weighted by Gasteiger charge is -2.60. The van der Waals surface area contributed by atoms with Crippen LogP contribution >= 0.6 is 0 Å². The van der Waals surface area contributed by atoms with Crippen LogP contribution in [0.2, 0.25) is 0 Å². The van der Waals surface area contributed by atoms with Crippen molar-refractivity contribution >= 4 is 11.9 Å². The third kappa shape index (κ3) is 5.05. The molecule has 5 heteroatoms. The lowest BCUT2D eigenvalue weighted by molar-refractivity contribution is -0.171. The van der Waals surface area contributed by atoms with Crippen LogP contribution in [-0.4, -0.2) is 34.4 Å². The SMILES string of the molecule is C=C(CCC[C@H]1CC=C2C3=C([C@@H](O)CC21C)C1(C)CC[C@H](OC(=O)CCC(=O)O)C(C)(C)C1CC3)C(C)C. The Morgan fingerprint density at radius 2 is 1.82 bits per heavy atom. The molecule has 0 bridgehead atoms. The van der Waals surface area contributed by atoms with Crippen LogP contribution in [0.1, 0.15) is 112 Å². The van der Waals surface area contributed by atoms with Gasteiger partial charge in [-0.2, -0.15) is 0 Å². The third-order valence-corrected chi connectivity index (χ3v) is 11.1. The van der Waals surface area contributed by atoms with Gasteiger partial charge >= 0.3 is 11.9 Å². The minimum atomic E-state index is -0.980. The summed E-state index contributed by atoms with van der Waals surface area (Å²) < 4.78 is 5.88. The summed E-state index contributed by atoms with van der Waals surface area (Å²) in [7, 11) is 0. The molecule has 4 rings (SSSR count). The average Bonchev–Trinajstić information content (AvgIpc) is 3.14. The fourth-order valence-corrected chi connectivity index (χ4v) is 8.82. The Balaban J connectivity index is 1.53. The van der Waals surface area contributed by atoms with Crippen molar-refractivity contribution in [2.45, 2.75) is 124 Å². The van der Waals surface area contributed by atoms with Crippen LogP contribution in [0.25, 0.3) is 0 Å². The fraction of sp³-hybridized carbons (Fsp3) is 0.758. The molecule has 0 aromatic carbocycles. The molecule has 2 N–H and O–H groups in total. The highest BCUT2D eigenvalue weighted by Gasteiger charge is 2.60. The number of allylic oxidation sites excluding steroid dienone is 4. The van der Waals surface area contributed by atoms with E-state index in [9.17, 15) is 14.7 Å². The maximum absolute atomic E-state index is 12.4. The van der Waals surface area contributed by atoms with Crippen molar-refractivity contribution in [2.24, 2.45) is 34.0 Å². The number of carbonyl (C=O) groups is 2. The summed E-state index contributed by atoms with van der Waals surface area (Å²) in [6, 6.07) is 0. The van der Waals surface area contributed by atoms with E-state index in [-0.39, 0.29) is 35.2 Å². The highest BCUT2D eigenvalue weighted by Crippen LogP contribution is 2.66. The Bertz CT molecular complexity index is 1030. The van der Waals surface area contributed by atoms with Crippen molar-refractivity contribution in [3.05, 3.63) is 34.9 Å². The zero-order valence-corrected chi connectivity index (χ0v) is 24.6. The monoisotopic (exact) mass is 526 g/mol. The summed E-state index contributed by atoms with van der Waals surface area (Å²) in [5.74, 6) is 0.00243. The molecule has 3 unspecified atom stereocenters. The van der Waals surface area contributed by atoms with E-state index in [0.717, 1.165) is 44.9 Å². The molecule has 0 radical (unpaired) electrons. The first kappa shape index (κ1) is 29.1. The molecule has 4 aliphatic carbocycles. The van der Waals surface area contributed by atoms with Crippen LogP contribution in [0.3, 0.4) is 0 Å². The number of fused-ring (bicyclic) bond motifs is 4. The maximum atomic E-state index is 12.4. The molecule has 6 atom stereocenters. The molecule has 212 valence electrons. The molecule has 0 aromatic heterocycles. The van der Waals surface area contributed by atoms with Crippen LogP contribution in [-0.2, 0) is 14.3 Å². The molecule has 0 saturated heterocycles. The molecule has 0 spiro atoms. The van der Waals surface area contributed by atoms with E-state index >= 15 is 0 Å². The highest BCUT2D eigenvalue weighted by molar-refractivity contribution is 5.76. The first-order valence-corrected chi connectivity index (χ1v) is 14.9. The number of carboxylic acids is 1. The lowest BCUT2D eigenvalue weighted by atomic mass is 9.46. The molecule has 38 heavy (non-hydrogen) atoms. The average molecular weight is 527 g/mol. The van der Waals surface area contributed by atoms with E-state index in [2.05, 4.69) is 54.2 Å². The smallest absolute Gasteiger partial charge is 0.306 e. The van der Waals surface area contributed by atoms with Gasteiger partial charge in [-0.15, -0.1) is 0 Å². The van der Waals surface area contributed by atoms with Gasteiger partial charge in [0.05, 0.1) is 18.9 Å². The second-order valence-electron chi connectivity index (χ2n) is 14.0. The first-order valence-electron chi connectivity index (χ1n) is 14.9. The maximum Gasteiger partial charge on any atom is 0.306 e. The molecular formula is C33H50O5. The van der Waals surface area contributed by atoms with Crippen molar-refractivity contribution in [1.29, 1.82) is 0 Å². The van der Waals surface area contributed by atoms with E-state index in [4.69, 9.17) is 9.84 Å². The number of carboxylic acid groups (broad SMARTS) is 1. The number of aliphatic hydroxyl groups is 1. The van der Waals surface area contributed by atoms with Crippen LogP contribution in [0.4, 0.5) is 0 Å². The normalized spacial score (nSPS) is 35.7. The Morgan fingerprint density at radius 3 is 2.47 bits per heavy atom. The largest absolute Gasteiger partial charge is 0.481 e. The van der Waals surface area contributed by atoms with Gasteiger partial charge in [0.1, 0.15) is 6.10 Å². The number of aliphatic carboxylic acids is 1. The summed E-state index contributed by atoms with van der Waals surface area (Å²) >= 11 is 0. The Kier molecular flexibility index (Phi) is 8.12. The van der Waals surface area contributed by atoms with E-state index in [1.165, 1.54) is 35.1 Å². The number of hydrogen-bond donors (Lipinski definition) is 2. The molecule has 0 aliphatic heterocycles. The summed E-state index contributed by atoms with van der Waals surface area (Å²) in [6.07, 6.45) is 10.5. The third-order valence-electron chi connectivity index (χ3n) is 11.1. The number of ether oxygens (including phenoxy) is 1. The van der Waals surface area contributed by atoms with E-state index in [1.54, 1.807) is 0 Å². The van der Waals surface area contributed by atoms with Gasteiger partial charge in [0, 0.05) is 5.41 Å². The molecule has 0 amide bonds. The van der Waals surface area contributed by atoms with Crippen molar-refractivity contribution in [2.75, 3.05) is 0 Å². The second-order valence-corrected chi connectivity index (χ2v) is 14.0. The minimum Gasteiger partial charge on any atom is -0.481 e. The fourth-order valence-electron chi connectivity index (χ4n) is 8.82. The molecule has 5 nitrogen and oxygen atoms in total. The van der Waals surface area contributed by atoms with Gasteiger partial charge in [-0.25, -0.2) is 0 Å². The molecular weight excluding hydrogens is 476 g/mol. The van der Waals surface area contributed by atoms with Crippen LogP contribution < -0.4 is 0 Å². The van der Waals surface area contributed by atoms with Gasteiger partial charge in [0.25, 0.3) is 0 Å². The highest BCUT2D eigenvalue weighted by atomic mass is 16.5. The standard InChI is InChI=1S/C33H50O5/c1-20(2)21(3)9-8-10-22-11-13-24-23-12-14-26-31(4,5)27(38-29(37)16-15-28(35)36)17-18-32(26,6)30(23)25(34)19-33(22,24)7/h13,20,22,25-27,34H,3,8-12,14-19H2,1-2,4-7H3,(H,35,36)/t22-,25-,26?,27-,32?,33?/m0/s1. The Morgan fingerprint density at radius 1 is 1.11 bits per heavy atom. The van der Waals surface area contributed by atoms with E-state index in [1.807, 2.05) is 0 Å².